The zero-order valence-electron chi connectivity index (χ0n) is 12.9. The van der Waals surface area contributed by atoms with Gasteiger partial charge in [-0.1, -0.05) is 18.2 Å². The zero-order chi connectivity index (χ0) is 13.8. The van der Waals surface area contributed by atoms with E-state index >= 15 is 0 Å². The minimum atomic E-state index is 0.558. The molecule has 1 aromatic rings. The minimum absolute atomic E-state index is 0.558. The van der Waals surface area contributed by atoms with Crippen LogP contribution >= 0.6 is 0 Å². The Morgan fingerprint density at radius 3 is 2.42 bits per heavy atom. The number of aryl methyl sites for hydroxylation is 2. The van der Waals surface area contributed by atoms with Crippen LogP contribution in [0.1, 0.15) is 42.0 Å². The van der Waals surface area contributed by atoms with Crippen molar-refractivity contribution >= 4 is 0 Å². The zero-order valence-corrected chi connectivity index (χ0v) is 12.9. The first-order valence-corrected chi connectivity index (χ1v) is 7.52. The molecule has 1 atom stereocenters. The standard InChI is InChI=1S/C17H28N2/c1-13-5-6-16(11-14(13)2)17(19(3)4)12-15-7-9-18-10-8-15/h5-6,11,15,17-18H,7-10,12H2,1-4H3. The third-order valence-electron chi connectivity index (χ3n) is 4.55. The van der Waals surface area contributed by atoms with Gasteiger partial charge in [0.1, 0.15) is 0 Å². The fraction of sp³-hybridized carbons (Fsp3) is 0.647. The average molecular weight is 260 g/mol. The van der Waals surface area contributed by atoms with Gasteiger partial charge in [0.05, 0.1) is 0 Å². The lowest BCUT2D eigenvalue weighted by atomic mass is 9.87. The first kappa shape index (κ1) is 14.5. The Balaban J connectivity index is 2.12. The molecule has 2 heteroatoms. The summed E-state index contributed by atoms with van der Waals surface area (Å²) in [5.74, 6) is 0.871. The van der Waals surface area contributed by atoms with E-state index < -0.39 is 0 Å². The Morgan fingerprint density at radius 2 is 1.84 bits per heavy atom. The molecule has 0 amide bonds. The van der Waals surface area contributed by atoms with Crippen LogP contribution in [0.15, 0.2) is 18.2 Å². The first-order chi connectivity index (χ1) is 9.08. The first-order valence-electron chi connectivity index (χ1n) is 7.52. The largest absolute Gasteiger partial charge is 0.317 e. The fourth-order valence-electron chi connectivity index (χ4n) is 3.05. The van der Waals surface area contributed by atoms with Crippen molar-refractivity contribution in [2.45, 2.75) is 39.2 Å². The van der Waals surface area contributed by atoms with Crippen molar-refractivity contribution in [1.82, 2.24) is 10.2 Å². The lowest BCUT2D eigenvalue weighted by Crippen LogP contribution is -2.31. The van der Waals surface area contributed by atoms with E-state index in [0.29, 0.717) is 6.04 Å². The highest BCUT2D eigenvalue weighted by Gasteiger charge is 2.21. The van der Waals surface area contributed by atoms with Crippen molar-refractivity contribution in [2.75, 3.05) is 27.2 Å². The maximum Gasteiger partial charge on any atom is 0.0344 e. The highest BCUT2D eigenvalue weighted by Crippen LogP contribution is 2.30. The van der Waals surface area contributed by atoms with E-state index in [1.807, 2.05) is 0 Å². The molecule has 0 spiro atoms. The van der Waals surface area contributed by atoms with Crippen molar-refractivity contribution in [3.8, 4) is 0 Å². The van der Waals surface area contributed by atoms with Crippen molar-refractivity contribution in [3.63, 3.8) is 0 Å². The highest BCUT2D eigenvalue weighted by atomic mass is 15.1. The molecule has 1 aromatic carbocycles. The smallest absolute Gasteiger partial charge is 0.0344 e. The molecule has 0 bridgehead atoms. The van der Waals surface area contributed by atoms with Gasteiger partial charge >= 0.3 is 0 Å². The molecule has 1 fully saturated rings. The molecule has 0 aromatic heterocycles. The second kappa shape index (κ2) is 6.53. The molecule has 0 saturated carbocycles. The number of hydrogen-bond donors (Lipinski definition) is 1. The van der Waals surface area contributed by atoms with E-state index in [2.05, 4.69) is 56.4 Å². The van der Waals surface area contributed by atoms with Gasteiger partial charge in [-0.25, -0.2) is 0 Å². The van der Waals surface area contributed by atoms with Gasteiger partial charge in [-0.2, -0.15) is 0 Å². The van der Waals surface area contributed by atoms with Crippen LogP contribution < -0.4 is 5.32 Å². The molecule has 106 valence electrons. The summed E-state index contributed by atoms with van der Waals surface area (Å²) < 4.78 is 0. The lowest BCUT2D eigenvalue weighted by Gasteiger charge is -2.31. The number of nitrogens with zero attached hydrogens (tertiary/aromatic N) is 1. The summed E-state index contributed by atoms with van der Waals surface area (Å²) in [6.45, 7) is 6.79. The lowest BCUT2D eigenvalue weighted by molar-refractivity contribution is 0.223. The van der Waals surface area contributed by atoms with E-state index in [9.17, 15) is 0 Å². The van der Waals surface area contributed by atoms with Crippen LogP contribution in [0.4, 0.5) is 0 Å². The summed E-state index contributed by atoms with van der Waals surface area (Å²) >= 11 is 0. The summed E-state index contributed by atoms with van der Waals surface area (Å²) in [4.78, 5) is 2.38. The summed E-state index contributed by atoms with van der Waals surface area (Å²) in [7, 11) is 4.42. The van der Waals surface area contributed by atoms with Gasteiger partial charge in [0.2, 0.25) is 0 Å². The molecule has 1 N–H and O–H groups in total. The molecule has 19 heavy (non-hydrogen) atoms. The van der Waals surface area contributed by atoms with Gasteiger partial charge in [-0.3, -0.25) is 0 Å². The Kier molecular flexibility index (Phi) is 5.00. The predicted molar refractivity (Wildman–Crippen MR) is 82.6 cm³/mol. The Bertz CT molecular complexity index is 406. The Morgan fingerprint density at radius 1 is 1.16 bits per heavy atom. The van der Waals surface area contributed by atoms with Gasteiger partial charge in [-0.05, 0) is 82.9 Å². The Hall–Kier alpha value is -0.860. The molecular weight excluding hydrogens is 232 g/mol. The number of hydrogen-bond acceptors (Lipinski definition) is 2. The molecule has 1 unspecified atom stereocenters. The van der Waals surface area contributed by atoms with Crippen molar-refractivity contribution in [3.05, 3.63) is 34.9 Å². The summed E-state index contributed by atoms with van der Waals surface area (Å²) in [5.41, 5.74) is 4.28. The summed E-state index contributed by atoms with van der Waals surface area (Å²) in [6, 6.07) is 7.51. The molecule has 2 rings (SSSR count). The number of nitrogens with one attached hydrogen (secondary N) is 1. The third kappa shape index (κ3) is 3.80. The maximum absolute atomic E-state index is 3.46. The highest BCUT2D eigenvalue weighted by molar-refractivity contribution is 5.31. The number of rotatable bonds is 4. The van der Waals surface area contributed by atoms with Crippen LogP contribution in [0.5, 0.6) is 0 Å². The van der Waals surface area contributed by atoms with Crippen LogP contribution in [0.25, 0.3) is 0 Å². The summed E-state index contributed by atoms with van der Waals surface area (Å²) in [5, 5.41) is 3.46. The van der Waals surface area contributed by atoms with Crippen LogP contribution in [-0.4, -0.2) is 32.1 Å². The van der Waals surface area contributed by atoms with Crippen molar-refractivity contribution < 1.29 is 0 Å². The molecule has 1 heterocycles. The van der Waals surface area contributed by atoms with E-state index in [0.717, 1.165) is 5.92 Å². The quantitative estimate of drug-likeness (QED) is 0.893. The van der Waals surface area contributed by atoms with E-state index in [1.165, 1.54) is 49.0 Å². The number of benzene rings is 1. The van der Waals surface area contributed by atoms with Crippen LogP contribution in [-0.2, 0) is 0 Å². The topological polar surface area (TPSA) is 15.3 Å². The van der Waals surface area contributed by atoms with Crippen molar-refractivity contribution in [1.29, 1.82) is 0 Å². The molecule has 2 nitrogen and oxygen atoms in total. The predicted octanol–water partition coefficient (Wildman–Crippen LogP) is 3.30. The van der Waals surface area contributed by atoms with Gasteiger partial charge in [-0.15, -0.1) is 0 Å². The molecule has 0 aliphatic carbocycles. The fourth-order valence-corrected chi connectivity index (χ4v) is 3.05. The normalized spacial score (nSPS) is 18.8. The van der Waals surface area contributed by atoms with E-state index in [-0.39, 0.29) is 0 Å². The molecule has 1 aliphatic rings. The summed E-state index contributed by atoms with van der Waals surface area (Å²) in [6.07, 6.45) is 3.95. The second-order valence-electron chi connectivity index (χ2n) is 6.25. The van der Waals surface area contributed by atoms with Gasteiger partial charge in [0.15, 0.2) is 0 Å². The van der Waals surface area contributed by atoms with E-state index in [4.69, 9.17) is 0 Å². The van der Waals surface area contributed by atoms with Gasteiger partial charge in [0.25, 0.3) is 0 Å². The van der Waals surface area contributed by atoms with Crippen LogP contribution in [0, 0.1) is 19.8 Å². The molecule has 1 saturated heterocycles. The monoisotopic (exact) mass is 260 g/mol. The van der Waals surface area contributed by atoms with Gasteiger partial charge < -0.3 is 10.2 Å². The molecule has 0 radical (unpaired) electrons. The second-order valence-corrected chi connectivity index (χ2v) is 6.25. The maximum atomic E-state index is 3.46. The van der Waals surface area contributed by atoms with Gasteiger partial charge in [0, 0.05) is 6.04 Å². The minimum Gasteiger partial charge on any atom is -0.317 e. The number of piperidine rings is 1. The molecular formula is C17H28N2. The van der Waals surface area contributed by atoms with Crippen LogP contribution in [0.2, 0.25) is 0 Å². The third-order valence-corrected chi connectivity index (χ3v) is 4.55. The molecule has 1 aliphatic heterocycles. The van der Waals surface area contributed by atoms with E-state index in [1.54, 1.807) is 0 Å². The van der Waals surface area contributed by atoms with Crippen molar-refractivity contribution in [2.24, 2.45) is 5.92 Å². The van der Waals surface area contributed by atoms with Crippen LogP contribution in [0.3, 0.4) is 0 Å². The average Bonchev–Trinajstić information content (AvgIpc) is 2.40. The Labute approximate surface area is 118 Å². The SMILES string of the molecule is Cc1ccc(C(CC2CCNCC2)N(C)C)cc1C.